The molecule has 0 aromatic heterocycles. The van der Waals surface area contributed by atoms with E-state index in [1.807, 2.05) is 19.2 Å². The molecular formula is C19H30ClN3O2. The molecule has 140 valence electrons. The fourth-order valence-corrected chi connectivity index (χ4v) is 2.98. The van der Waals surface area contributed by atoms with Crippen molar-refractivity contribution in [3.63, 3.8) is 0 Å². The van der Waals surface area contributed by atoms with Gasteiger partial charge in [-0.15, -0.1) is 12.4 Å². The minimum absolute atomic E-state index is 0. The molecule has 1 aliphatic heterocycles. The van der Waals surface area contributed by atoms with E-state index in [0.717, 1.165) is 25.1 Å². The summed E-state index contributed by atoms with van der Waals surface area (Å²) in [5.41, 5.74) is 2.19. The lowest BCUT2D eigenvalue weighted by Crippen LogP contribution is -2.34. The Balaban J connectivity index is 0.00000312. The van der Waals surface area contributed by atoms with E-state index in [1.165, 1.54) is 18.4 Å². The van der Waals surface area contributed by atoms with Crippen molar-refractivity contribution in [3.05, 3.63) is 29.8 Å². The summed E-state index contributed by atoms with van der Waals surface area (Å²) in [6, 6.07) is 8.17. The lowest BCUT2D eigenvalue weighted by atomic mass is 10.1. The van der Waals surface area contributed by atoms with E-state index in [2.05, 4.69) is 29.7 Å². The number of benzene rings is 1. The SMILES string of the molecule is CCCCc1ccc(N2CC(C(=O)NCCCNC)CC2=O)cc1.Cl. The molecule has 1 saturated heterocycles. The minimum Gasteiger partial charge on any atom is -0.356 e. The number of hydrogen-bond acceptors (Lipinski definition) is 3. The summed E-state index contributed by atoms with van der Waals surface area (Å²) in [4.78, 5) is 26.2. The van der Waals surface area contributed by atoms with Gasteiger partial charge in [-0.2, -0.15) is 0 Å². The van der Waals surface area contributed by atoms with E-state index in [9.17, 15) is 9.59 Å². The zero-order chi connectivity index (χ0) is 17.4. The molecule has 0 bridgehead atoms. The maximum absolute atomic E-state index is 12.3. The Morgan fingerprint density at radius 3 is 2.56 bits per heavy atom. The van der Waals surface area contributed by atoms with Crippen LogP contribution in [0.2, 0.25) is 0 Å². The molecule has 2 rings (SSSR count). The summed E-state index contributed by atoms with van der Waals surface area (Å²) in [5.74, 6) is -0.222. The number of rotatable bonds is 9. The van der Waals surface area contributed by atoms with Gasteiger partial charge in [0.25, 0.3) is 0 Å². The second kappa shape index (κ2) is 11.1. The third-order valence-electron chi connectivity index (χ3n) is 4.47. The molecule has 0 spiro atoms. The molecule has 1 heterocycles. The average molecular weight is 368 g/mol. The Morgan fingerprint density at radius 1 is 1.20 bits per heavy atom. The van der Waals surface area contributed by atoms with Crippen molar-refractivity contribution in [3.8, 4) is 0 Å². The van der Waals surface area contributed by atoms with E-state index >= 15 is 0 Å². The number of aryl methyl sites for hydroxylation is 1. The Bertz CT molecular complexity index is 548. The smallest absolute Gasteiger partial charge is 0.227 e. The van der Waals surface area contributed by atoms with E-state index in [1.54, 1.807) is 4.90 Å². The standard InChI is InChI=1S/C19H29N3O2.ClH/c1-3-4-6-15-7-9-17(10-8-15)22-14-16(13-18(22)23)19(24)21-12-5-11-20-2;/h7-10,16,20H,3-6,11-14H2,1-2H3,(H,21,24);1H. The van der Waals surface area contributed by atoms with Gasteiger partial charge in [-0.25, -0.2) is 0 Å². The van der Waals surface area contributed by atoms with Crippen molar-refractivity contribution < 1.29 is 9.59 Å². The molecule has 5 nitrogen and oxygen atoms in total. The van der Waals surface area contributed by atoms with Crippen LogP contribution in [-0.2, 0) is 16.0 Å². The number of nitrogens with one attached hydrogen (secondary N) is 2. The van der Waals surface area contributed by atoms with Crippen molar-refractivity contribution in [1.82, 2.24) is 10.6 Å². The first kappa shape index (κ1) is 21.5. The van der Waals surface area contributed by atoms with Crippen LogP contribution in [0, 0.1) is 5.92 Å². The lowest BCUT2D eigenvalue weighted by Gasteiger charge is -2.17. The highest BCUT2D eigenvalue weighted by atomic mass is 35.5. The van der Waals surface area contributed by atoms with Crippen LogP contribution < -0.4 is 15.5 Å². The maximum atomic E-state index is 12.3. The zero-order valence-corrected chi connectivity index (χ0v) is 16.0. The topological polar surface area (TPSA) is 61.4 Å². The number of amides is 2. The molecule has 0 radical (unpaired) electrons. The van der Waals surface area contributed by atoms with E-state index in [0.29, 0.717) is 19.5 Å². The molecule has 1 aromatic carbocycles. The van der Waals surface area contributed by atoms with Crippen LogP contribution in [0.15, 0.2) is 24.3 Å². The summed E-state index contributed by atoms with van der Waals surface area (Å²) in [7, 11) is 1.89. The third kappa shape index (κ3) is 6.33. The highest BCUT2D eigenvalue weighted by molar-refractivity contribution is 6.00. The summed E-state index contributed by atoms with van der Waals surface area (Å²) >= 11 is 0. The van der Waals surface area contributed by atoms with Crippen molar-refractivity contribution in [2.45, 2.75) is 39.0 Å². The van der Waals surface area contributed by atoms with Crippen LogP contribution in [0.4, 0.5) is 5.69 Å². The number of anilines is 1. The molecule has 2 amide bonds. The Hall–Kier alpha value is -1.59. The van der Waals surface area contributed by atoms with E-state index < -0.39 is 0 Å². The van der Waals surface area contributed by atoms with Crippen molar-refractivity contribution in [1.29, 1.82) is 0 Å². The number of halogens is 1. The predicted octanol–water partition coefficient (Wildman–Crippen LogP) is 2.53. The molecule has 25 heavy (non-hydrogen) atoms. The minimum atomic E-state index is -0.244. The van der Waals surface area contributed by atoms with Crippen LogP contribution in [0.1, 0.15) is 38.2 Å². The molecule has 0 saturated carbocycles. The molecule has 1 fully saturated rings. The number of carbonyl (C=O) groups is 2. The van der Waals surface area contributed by atoms with Gasteiger partial charge in [-0.05, 0) is 50.6 Å². The Morgan fingerprint density at radius 2 is 1.92 bits per heavy atom. The summed E-state index contributed by atoms with van der Waals surface area (Å²) < 4.78 is 0. The zero-order valence-electron chi connectivity index (χ0n) is 15.2. The van der Waals surface area contributed by atoms with Gasteiger partial charge in [0, 0.05) is 25.2 Å². The van der Waals surface area contributed by atoms with Crippen LogP contribution in [0.3, 0.4) is 0 Å². The van der Waals surface area contributed by atoms with Gasteiger partial charge < -0.3 is 15.5 Å². The first-order chi connectivity index (χ1) is 11.7. The Labute approximate surface area is 157 Å². The summed E-state index contributed by atoms with van der Waals surface area (Å²) in [6.07, 6.45) is 4.62. The number of unbranched alkanes of at least 4 members (excludes halogenated alkanes) is 1. The molecule has 6 heteroatoms. The first-order valence-corrected chi connectivity index (χ1v) is 8.97. The second-order valence-corrected chi connectivity index (χ2v) is 6.42. The normalized spacial score (nSPS) is 16.6. The quantitative estimate of drug-likeness (QED) is 0.659. The molecule has 2 N–H and O–H groups in total. The van der Waals surface area contributed by atoms with Gasteiger partial charge in [0.15, 0.2) is 0 Å². The maximum Gasteiger partial charge on any atom is 0.227 e. The van der Waals surface area contributed by atoms with Gasteiger partial charge in [-0.3, -0.25) is 9.59 Å². The lowest BCUT2D eigenvalue weighted by molar-refractivity contribution is -0.126. The van der Waals surface area contributed by atoms with Crippen molar-refractivity contribution in [2.24, 2.45) is 5.92 Å². The van der Waals surface area contributed by atoms with Crippen molar-refractivity contribution >= 4 is 29.9 Å². The van der Waals surface area contributed by atoms with Crippen LogP contribution in [0.5, 0.6) is 0 Å². The number of hydrogen-bond donors (Lipinski definition) is 2. The van der Waals surface area contributed by atoms with Gasteiger partial charge in [0.2, 0.25) is 11.8 Å². The van der Waals surface area contributed by atoms with E-state index in [4.69, 9.17) is 0 Å². The van der Waals surface area contributed by atoms with Gasteiger partial charge in [0.1, 0.15) is 0 Å². The monoisotopic (exact) mass is 367 g/mol. The van der Waals surface area contributed by atoms with Gasteiger partial charge in [-0.1, -0.05) is 25.5 Å². The fourth-order valence-electron chi connectivity index (χ4n) is 2.98. The molecule has 1 atom stereocenters. The van der Waals surface area contributed by atoms with Crippen LogP contribution in [0.25, 0.3) is 0 Å². The summed E-state index contributed by atoms with van der Waals surface area (Å²) in [6.45, 7) is 4.18. The third-order valence-corrected chi connectivity index (χ3v) is 4.47. The second-order valence-electron chi connectivity index (χ2n) is 6.42. The number of nitrogens with zero attached hydrogens (tertiary/aromatic N) is 1. The van der Waals surface area contributed by atoms with Gasteiger partial charge in [0.05, 0.1) is 5.92 Å². The molecule has 1 aromatic rings. The Kier molecular flexibility index (Phi) is 9.53. The molecule has 1 unspecified atom stereocenters. The average Bonchev–Trinajstić information content (AvgIpc) is 2.99. The first-order valence-electron chi connectivity index (χ1n) is 8.97. The summed E-state index contributed by atoms with van der Waals surface area (Å²) in [5, 5.41) is 5.98. The molecule has 0 aliphatic carbocycles. The fraction of sp³-hybridized carbons (Fsp3) is 0.579. The largest absolute Gasteiger partial charge is 0.356 e. The van der Waals surface area contributed by atoms with Gasteiger partial charge >= 0.3 is 0 Å². The molecular weight excluding hydrogens is 338 g/mol. The highest BCUT2D eigenvalue weighted by Crippen LogP contribution is 2.25. The van der Waals surface area contributed by atoms with Crippen LogP contribution >= 0.6 is 12.4 Å². The molecule has 1 aliphatic rings. The van der Waals surface area contributed by atoms with Crippen molar-refractivity contribution in [2.75, 3.05) is 31.6 Å². The number of carbonyl (C=O) groups excluding carboxylic acids is 2. The highest BCUT2D eigenvalue weighted by Gasteiger charge is 2.34. The van der Waals surface area contributed by atoms with E-state index in [-0.39, 0.29) is 30.1 Å². The predicted molar refractivity (Wildman–Crippen MR) is 104 cm³/mol. The van der Waals surface area contributed by atoms with Crippen LogP contribution in [-0.4, -0.2) is 38.5 Å².